The number of carbonyl (C=O) groups is 2. The molecule has 2 N–H and O–H groups in total. The van der Waals surface area contributed by atoms with Crippen LogP contribution >= 0.6 is 0 Å². The molecule has 4 aromatic rings. The zero-order valence-corrected chi connectivity index (χ0v) is 24.3. The number of benzene rings is 2. The van der Waals surface area contributed by atoms with Crippen molar-refractivity contribution in [1.29, 1.82) is 0 Å². The first kappa shape index (κ1) is 29.2. The average molecular weight is 571 g/mol. The number of hydrogen-bond acceptors (Lipinski definition) is 8. The van der Waals surface area contributed by atoms with Crippen LogP contribution in [0.25, 0.3) is 21.8 Å². The number of nitrogens with one attached hydrogen (secondary N) is 2. The number of nitrogens with zero attached hydrogens (tertiary/aromatic N) is 4. The van der Waals surface area contributed by atoms with E-state index in [2.05, 4.69) is 30.4 Å². The summed E-state index contributed by atoms with van der Waals surface area (Å²) >= 11 is 0. The molecule has 2 aromatic carbocycles. The summed E-state index contributed by atoms with van der Waals surface area (Å²) in [6.45, 7) is 5.59. The minimum Gasteiger partial charge on any atom is -0.497 e. The van der Waals surface area contributed by atoms with Crippen LogP contribution < -0.4 is 20.1 Å². The van der Waals surface area contributed by atoms with E-state index < -0.39 is 0 Å². The number of aromatic nitrogens is 2. The largest absolute Gasteiger partial charge is 0.497 e. The van der Waals surface area contributed by atoms with Crippen LogP contribution in [0.5, 0.6) is 11.5 Å². The molecule has 10 heteroatoms. The Labute approximate surface area is 246 Å². The van der Waals surface area contributed by atoms with Gasteiger partial charge in [-0.3, -0.25) is 19.6 Å². The van der Waals surface area contributed by atoms with Crippen molar-refractivity contribution in [2.45, 2.75) is 25.7 Å². The predicted molar refractivity (Wildman–Crippen MR) is 165 cm³/mol. The molecule has 0 saturated carbocycles. The molecular weight excluding hydrogens is 532 g/mol. The summed E-state index contributed by atoms with van der Waals surface area (Å²) in [6, 6.07) is 15.1. The fourth-order valence-electron chi connectivity index (χ4n) is 5.34. The van der Waals surface area contributed by atoms with E-state index in [1.807, 2.05) is 48.5 Å². The third-order valence-electron chi connectivity index (χ3n) is 7.60. The van der Waals surface area contributed by atoms with Crippen LogP contribution in [0.3, 0.4) is 0 Å². The maximum Gasteiger partial charge on any atom is 0.224 e. The van der Waals surface area contributed by atoms with Gasteiger partial charge >= 0.3 is 0 Å². The molecule has 0 spiro atoms. The molecule has 3 heterocycles. The van der Waals surface area contributed by atoms with Gasteiger partial charge in [0, 0.05) is 74.3 Å². The van der Waals surface area contributed by atoms with E-state index in [9.17, 15) is 9.59 Å². The second-order valence-corrected chi connectivity index (χ2v) is 10.5. The van der Waals surface area contributed by atoms with Crippen LogP contribution in [0.1, 0.15) is 25.7 Å². The topological polar surface area (TPSA) is 109 Å². The number of fused-ring (bicyclic) bond motifs is 2. The number of amides is 2. The monoisotopic (exact) mass is 570 g/mol. The Kier molecular flexibility index (Phi) is 9.78. The normalized spacial score (nSPS) is 14.1. The Bertz CT molecular complexity index is 1420. The van der Waals surface area contributed by atoms with Crippen LogP contribution in [0.2, 0.25) is 0 Å². The van der Waals surface area contributed by atoms with E-state index in [4.69, 9.17) is 9.47 Å². The van der Waals surface area contributed by atoms with Crippen molar-refractivity contribution in [3.8, 4) is 11.5 Å². The molecule has 0 atom stereocenters. The van der Waals surface area contributed by atoms with Gasteiger partial charge < -0.3 is 29.9 Å². The molecule has 42 heavy (non-hydrogen) atoms. The van der Waals surface area contributed by atoms with Crippen LogP contribution in [-0.4, -0.2) is 85.1 Å². The Morgan fingerprint density at radius 1 is 0.714 bits per heavy atom. The van der Waals surface area contributed by atoms with Gasteiger partial charge in [0.05, 0.1) is 36.6 Å². The molecule has 0 aliphatic carbocycles. The van der Waals surface area contributed by atoms with Crippen LogP contribution in [0, 0.1) is 0 Å². The highest BCUT2D eigenvalue weighted by atomic mass is 16.5. The van der Waals surface area contributed by atoms with E-state index >= 15 is 0 Å². The molecule has 1 aliphatic rings. The van der Waals surface area contributed by atoms with Crippen LogP contribution in [-0.2, 0) is 9.59 Å². The average Bonchev–Trinajstić information content (AvgIpc) is 3.01. The van der Waals surface area contributed by atoms with Crippen molar-refractivity contribution in [2.24, 2.45) is 0 Å². The molecule has 10 nitrogen and oxygen atoms in total. The zero-order chi connectivity index (χ0) is 29.3. The molecule has 220 valence electrons. The molecule has 5 rings (SSSR count). The van der Waals surface area contributed by atoms with Crippen molar-refractivity contribution in [3.05, 3.63) is 60.9 Å². The molecule has 1 saturated heterocycles. The lowest BCUT2D eigenvalue weighted by Crippen LogP contribution is -2.46. The third kappa shape index (κ3) is 7.51. The van der Waals surface area contributed by atoms with E-state index in [1.54, 1.807) is 26.6 Å². The fraction of sp³-hybridized carbons (Fsp3) is 0.375. The van der Waals surface area contributed by atoms with Gasteiger partial charge in [-0.1, -0.05) is 12.1 Å². The summed E-state index contributed by atoms with van der Waals surface area (Å²) in [4.78, 5) is 39.0. The number of pyridine rings is 2. The van der Waals surface area contributed by atoms with Crippen molar-refractivity contribution in [2.75, 3.05) is 64.1 Å². The van der Waals surface area contributed by atoms with Gasteiger partial charge in [0.1, 0.15) is 11.5 Å². The lowest BCUT2D eigenvalue weighted by Gasteiger charge is -2.34. The molecule has 0 bridgehead atoms. The molecule has 2 aromatic heterocycles. The van der Waals surface area contributed by atoms with E-state index in [-0.39, 0.29) is 11.8 Å². The third-order valence-corrected chi connectivity index (χ3v) is 7.60. The van der Waals surface area contributed by atoms with Crippen molar-refractivity contribution in [3.63, 3.8) is 0 Å². The molecule has 0 unspecified atom stereocenters. The number of piperazine rings is 1. The van der Waals surface area contributed by atoms with Crippen molar-refractivity contribution >= 4 is 45.0 Å². The fourth-order valence-corrected chi connectivity index (χ4v) is 5.34. The SMILES string of the molecule is COc1cc(NC(=O)CCCN2CCN(CCCC(=O)Nc3cc(OC)cc4cccnc34)CC2)c2ncccc2c1. The Morgan fingerprint density at radius 2 is 1.14 bits per heavy atom. The second-order valence-electron chi connectivity index (χ2n) is 10.5. The minimum absolute atomic E-state index is 0.0233. The maximum absolute atomic E-state index is 12.7. The number of anilines is 2. The number of rotatable bonds is 12. The summed E-state index contributed by atoms with van der Waals surface area (Å²) in [5.41, 5.74) is 2.86. The highest BCUT2D eigenvalue weighted by Crippen LogP contribution is 2.29. The molecule has 2 amide bonds. The summed E-state index contributed by atoms with van der Waals surface area (Å²) in [7, 11) is 3.23. The second kappa shape index (κ2) is 14.1. The van der Waals surface area contributed by atoms with Gasteiger partial charge in [-0.05, 0) is 50.2 Å². The van der Waals surface area contributed by atoms with Gasteiger partial charge in [0.2, 0.25) is 11.8 Å². The Hall–Kier alpha value is -4.28. The first-order chi connectivity index (χ1) is 20.5. The number of hydrogen-bond donors (Lipinski definition) is 2. The van der Waals surface area contributed by atoms with Gasteiger partial charge in [0.15, 0.2) is 0 Å². The predicted octanol–water partition coefficient (Wildman–Crippen LogP) is 4.56. The number of ether oxygens (including phenoxy) is 2. The molecule has 1 fully saturated rings. The summed E-state index contributed by atoms with van der Waals surface area (Å²) in [6.07, 6.45) is 5.91. The molecule has 1 aliphatic heterocycles. The van der Waals surface area contributed by atoms with Gasteiger partial charge in [-0.2, -0.15) is 0 Å². The highest BCUT2D eigenvalue weighted by Gasteiger charge is 2.18. The summed E-state index contributed by atoms with van der Waals surface area (Å²) in [5, 5.41) is 7.88. The Morgan fingerprint density at radius 3 is 1.55 bits per heavy atom. The standard InChI is InChI=1S/C32H38N6O4/c1-41-25-19-23-7-3-11-33-31(23)27(21-25)35-29(39)9-5-13-37-15-17-38(18-16-37)14-6-10-30(40)36-28-22-26(42-2)20-24-8-4-12-34-32(24)28/h3-4,7-8,11-12,19-22H,5-6,9-10,13-18H2,1-2H3,(H,35,39)(H,36,40). The van der Waals surface area contributed by atoms with Crippen LogP contribution in [0.4, 0.5) is 11.4 Å². The molecular formula is C32H38N6O4. The van der Waals surface area contributed by atoms with Gasteiger partial charge in [-0.15, -0.1) is 0 Å². The first-order valence-electron chi connectivity index (χ1n) is 14.4. The summed E-state index contributed by atoms with van der Waals surface area (Å²) in [5.74, 6) is 1.33. The van der Waals surface area contributed by atoms with E-state index in [0.717, 1.165) is 73.9 Å². The number of methoxy groups -OCH3 is 2. The maximum atomic E-state index is 12.7. The Balaban J connectivity index is 0.999. The number of carbonyl (C=O) groups excluding carboxylic acids is 2. The smallest absolute Gasteiger partial charge is 0.224 e. The highest BCUT2D eigenvalue weighted by molar-refractivity contribution is 6.02. The van der Waals surface area contributed by atoms with Crippen molar-refractivity contribution < 1.29 is 19.1 Å². The van der Waals surface area contributed by atoms with E-state index in [1.165, 1.54) is 0 Å². The first-order valence-corrected chi connectivity index (χ1v) is 14.4. The minimum atomic E-state index is -0.0233. The quantitative estimate of drug-likeness (QED) is 0.255. The molecule has 0 radical (unpaired) electrons. The van der Waals surface area contributed by atoms with Crippen molar-refractivity contribution in [1.82, 2.24) is 19.8 Å². The lowest BCUT2D eigenvalue weighted by atomic mass is 10.1. The van der Waals surface area contributed by atoms with E-state index in [0.29, 0.717) is 35.7 Å². The summed E-state index contributed by atoms with van der Waals surface area (Å²) < 4.78 is 10.8. The van der Waals surface area contributed by atoms with Crippen LogP contribution in [0.15, 0.2) is 60.9 Å². The van der Waals surface area contributed by atoms with Gasteiger partial charge in [0.25, 0.3) is 0 Å². The zero-order valence-electron chi connectivity index (χ0n) is 24.3. The lowest BCUT2D eigenvalue weighted by molar-refractivity contribution is -0.117. The van der Waals surface area contributed by atoms with Gasteiger partial charge in [-0.25, -0.2) is 0 Å².